The molecule has 7 nitrogen and oxygen atoms in total. The molecule has 3 aromatic heterocycles. The Morgan fingerprint density at radius 3 is 0.643 bits per heavy atom. The number of aromatic nitrogens is 3. The molecule has 20 aromatic carbocycles. The van der Waals surface area contributed by atoms with E-state index < -0.39 is 0 Å². The molecule has 0 fully saturated rings. The SMILES string of the molecule is Cc1ccc(N(c2ccc(-c3ccccc3)cc2)c2cccc3c2c2ccccc2n3-c2ccc(-c3ccccc3)cc2)cc1.N#Cc1ccc(N(c2ccccc2)c2cccc3c2c2ccccc2n3-c2ccc(-c3ccccc3)cc2)cc1.c1ccc(-c2ccc(N(c3ccccc3)c3cccc4c3c3ccccc3n4-c3ccc(-c4ccccc4)cc3)cc2)cc1. The summed E-state index contributed by atoms with van der Waals surface area (Å²) in [6.07, 6.45) is 0. The molecule has 0 bridgehead atoms. The van der Waals surface area contributed by atoms with Crippen LogP contribution in [0.3, 0.4) is 0 Å². The molecule has 23 aromatic rings. The van der Waals surface area contributed by atoms with E-state index in [9.17, 15) is 5.26 Å². The number of fused-ring (bicyclic) bond motifs is 9. The van der Waals surface area contributed by atoms with Gasteiger partial charge in [-0.05, 0) is 238 Å². The summed E-state index contributed by atoms with van der Waals surface area (Å²) in [5, 5.41) is 16.7. The summed E-state index contributed by atoms with van der Waals surface area (Å²) in [7, 11) is 0. The van der Waals surface area contributed by atoms with Crippen molar-refractivity contribution in [3.05, 3.63) is 521 Å². The Kier molecular flexibility index (Phi) is 21.7. The molecular formula is C122H87N7. The van der Waals surface area contributed by atoms with Gasteiger partial charge in [0.05, 0.1) is 61.8 Å². The van der Waals surface area contributed by atoms with Crippen LogP contribution in [0.4, 0.5) is 51.2 Å². The summed E-state index contributed by atoms with van der Waals surface area (Å²) in [6.45, 7) is 2.14. The first-order valence-corrected chi connectivity index (χ1v) is 43.8. The van der Waals surface area contributed by atoms with Gasteiger partial charge in [0.15, 0.2) is 0 Å². The fraction of sp³-hybridized carbons (Fsp3) is 0.00820. The van der Waals surface area contributed by atoms with Crippen molar-refractivity contribution in [3.8, 4) is 78.8 Å². The van der Waals surface area contributed by atoms with Crippen LogP contribution in [0.5, 0.6) is 0 Å². The van der Waals surface area contributed by atoms with Crippen molar-refractivity contribution in [1.29, 1.82) is 5.26 Å². The molecular weight excluding hydrogens is 1560 g/mol. The van der Waals surface area contributed by atoms with Crippen LogP contribution in [0.2, 0.25) is 0 Å². The van der Waals surface area contributed by atoms with Crippen LogP contribution in [-0.2, 0) is 0 Å². The number of hydrogen-bond donors (Lipinski definition) is 0. The third-order valence-corrected chi connectivity index (χ3v) is 24.5. The molecule has 0 radical (unpaired) electrons. The molecule has 0 unspecified atom stereocenters. The molecule has 0 atom stereocenters. The van der Waals surface area contributed by atoms with Gasteiger partial charge in [0.25, 0.3) is 0 Å². The highest BCUT2D eigenvalue weighted by molar-refractivity contribution is 6.19. The standard InChI is InChI=1S/C43H32N2.C42H30N2.C37H25N3/c1-31-19-25-36(26-20-31)44(37-27-21-34(22-28-37)32-11-4-2-5-12-32)41-17-10-18-42-43(41)39-15-8-9-16-40(39)45(42)38-29-23-35(24-30-38)33-13-6-3-7-14-33;1-4-13-31(14-5-1)33-23-27-36(28-24-33)43(35-17-8-3-9-18-35)40-21-12-22-41-42(40)38-19-10-11-20-39(38)44(41)37-29-25-34(26-30-37)32-15-6-2-7-16-32;38-26-27-18-22-31(23-19-27)39(30-12-5-2-6-13-30)35-16-9-17-36-37(35)33-14-7-8-15-34(33)40(36)32-24-20-29(21-25-32)28-10-3-1-4-11-28/h2-30H,1H3;1-30H;1-25H. The summed E-state index contributed by atoms with van der Waals surface area (Å²) in [6, 6.07) is 183. The average Bonchev–Trinajstić information content (AvgIpc) is 1.59. The van der Waals surface area contributed by atoms with Gasteiger partial charge in [-0.1, -0.05) is 339 Å². The molecule has 610 valence electrons. The van der Waals surface area contributed by atoms with Crippen molar-refractivity contribution in [2.45, 2.75) is 6.92 Å². The van der Waals surface area contributed by atoms with Crippen LogP contribution in [0, 0.1) is 18.3 Å². The van der Waals surface area contributed by atoms with Crippen molar-refractivity contribution in [3.63, 3.8) is 0 Å². The summed E-state index contributed by atoms with van der Waals surface area (Å²) in [4.78, 5) is 7.05. The molecule has 129 heavy (non-hydrogen) atoms. The summed E-state index contributed by atoms with van der Waals surface area (Å²) in [5.41, 5.74) is 34.4. The molecule has 23 rings (SSSR count). The Bertz CT molecular complexity index is 7890. The monoisotopic (exact) mass is 1650 g/mol. The van der Waals surface area contributed by atoms with E-state index >= 15 is 0 Å². The van der Waals surface area contributed by atoms with Gasteiger partial charge >= 0.3 is 0 Å². The first kappa shape index (κ1) is 78.9. The number of hydrogen-bond acceptors (Lipinski definition) is 4. The highest BCUT2D eigenvalue weighted by Gasteiger charge is 2.26. The second kappa shape index (κ2) is 35.5. The van der Waals surface area contributed by atoms with Crippen LogP contribution in [0.15, 0.2) is 510 Å². The Balaban J connectivity index is 0.000000118. The highest BCUT2D eigenvalue weighted by atomic mass is 15.2. The van der Waals surface area contributed by atoms with Crippen LogP contribution < -0.4 is 14.7 Å². The topological polar surface area (TPSA) is 48.3 Å². The molecule has 0 saturated carbocycles. The van der Waals surface area contributed by atoms with Crippen molar-refractivity contribution >= 4 is 117 Å². The molecule has 0 aliphatic carbocycles. The molecule has 3 heterocycles. The van der Waals surface area contributed by atoms with Gasteiger partial charge in [-0.15, -0.1) is 0 Å². The lowest BCUT2D eigenvalue weighted by molar-refractivity contribution is 1.18. The molecule has 0 amide bonds. The normalized spacial score (nSPS) is 11.1. The van der Waals surface area contributed by atoms with Crippen molar-refractivity contribution in [1.82, 2.24) is 13.7 Å². The fourth-order valence-corrected chi connectivity index (χ4v) is 18.4. The van der Waals surface area contributed by atoms with Gasteiger partial charge < -0.3 is 28.4 Å². The number of benzene rings is 20. The highest BCUT2D eigenvalue weighted by Crippen LogP contribution is 2.49. The molecule has 7 heteroatoms. The summed E-state index contributed by atoms with van der Waals surface area (Å²) >= 11 is 0. The number of aryl methyl sites for hydroxylation is 1. The lowest BCUT2D eigenvalue weighted by atomic mass is 10.0. The van der Waals surface area contributed by atoms with Crippen LogP contribution in [0.1, 0.15) is 11.1 Å². The average molecular weight is 1650 g/mol. The zero-order valence-corrected chi connectivity index (χ0v) is 71.1. The first-order valence-electron chi connectivity index (χ1n) is 43.8. The van der Waals surface area contributed by atoms with Crippen LogP contribution in [0.25, 0.3) is 138 Å². The van der Waals surface area contributed by atoms with Gasteiger partial charge in [-0.3, -0.25) is 0 Å². The van der Waals surface area contributed by atoms with Crippen LogP contribution >= 0.6 is 0 Å². The van der Waals surface area contributed by atoms with Gasteiger partial charge in [0, 0.05) is 83.5 Å². The fourth-order valence-electron chi connectivity index (χ4n) is 18.4. The minimum Gasteiger partial charge on any atom is -0.310 e. The molecule has 0 aliphatic rings. The Hall–Kier alpha value is -17.3. The summed E-state index contributed by atoms with van der Waals surface area (Å²) < 4.78 is 7.14. The second-order valence-electron chi connectivity index (χ2n) is 32.3. The minimum atomic E-state index is 0.644. The van der Waals surface area contributed by atoms with E-state index in [1.54, 1.807) is 0 Å². The number of nitrogens with zero attached hydrogens (tertiary/aromatic N) is 7. The quantitative estimate of drug-likeness (QED) is 0.0912. The largest absolute Gasteiger partial charge is 0.310 e. The van der Waals surface area contributed by atoms with Gasteiger partial charge in [0.2, 0.25) is 0 Å². The van der Waals surface area contributed by atoms with E-state index in [0.29, 0.717) is 5.56 Å². The third kappa shape index (κ3) is 15.6. The lowest BCUT2D eigenvalue weighted by Crippen LogP contribution is -2.10. The lowest BCUT2D eigenvalue weighted by Gasteiger charge is -2.27. The Morgan fingerprint density at radius 1 is 0.178 bits per heavy atom. The predicted molar refractivity (Wildman–Crippen MR) is 543 cm³/mol. The molecule has 0 spiro atoms. The Morgan fingerprint density at radius 2 is 0.380 bits per heavy atom. The smallest absolute Gasteiger partial charge is 0.0991 e. The van der Waals surface area contributed by atoms with Gasteiger partial charge in [-0.25, -0.2) is 0 Å². The van der Waals surface area contributed by atoms with Crippen LogP contribution in [-0.4, -0.2) is 13.7 Å². The zero-order valence-electron chi connectivity index (χ0n) is 71.1. The Labute approximate surface area is 751 Å². The maximum absolute atomic E-state index is 9.39. The number of para-hydroxylation sites is 5. The van der Waals surface area contributed by atoms with E-state index in [2.05, 4.69) is 515 Å². The minimum absolute atomic E-state index is 0.644. The first-order chi connectivity index (χ1) is 63.9. The number of nitriles is 1. The molecule has 0 N–H and O–H groups in total. The third-order valence-electron chi connectivity index (χ3n) is 24.5. The van der Waals surface area contributed by atoms with Crippen molar-refractivity contribution in [2.24, 2.45) is 0 Å². The predicted octanol–water partition coefficient (Wildman–Crippen LogP) is 33.3. The molecule has 0 saturated heterocycles. The number of rotatable bonds is 17. The number of anilines is 9. The maximum atomic E-state index is 9.39. The molecule has 0 aliphatic heterocycles. The van der Waals surface area contributed by atoms with E-state index in [1.165, 1.54) is 116 Å². The second-order valence-corrected chi connectivity index (χ2v) is 32.3. The van der Waals surface area contributed by atoms with E-state index in [0.717, 1.165) is 79.3 Å². The van der Waals surface area contributed by atoms with E-state index in [1.807, 2.05) is 36.4 Å². The van der Waals surface area contributed by atoms with Crippen molar-refractivity contribution < 1.29 is 0 Å². The maximum Gasteiger partial charge on any atom is 0.0991 e. The van der Waals surface area contributed by atoms with Gasteiger partial charge in [0.1, 0.15) is 0 Å². The summed E-state index contributed by atoms with van der Waals surface area (Å²) in [5.74, 6) is 0. The van der Waals surface area contributed by atoms with Crippen molar-refractivity contribution in [2.75, 3.05) is 14.7 Å². The zero-order chi connectivity index (χ0) is 86.4. The van der Waals surface area contributed by atoms with E-state index in [-0.39, 0.29) is 0 Å². The van der Waals surface area contributed by atoms with E-state index in [4.69, 9.17) is 0 Å². The van der Waals surface area contributed by atoms with Gasteiger partial charge in [-0.2, -0.15) is 5.26 Å².